The van der Waals surface area contributed by atoms with E-state index in [0.717, 1.165) is 5.92 Å². The van der Waals surface area contributed by atoms with Gasteiger partial charge in [-0.3, -0.25) is 0 Å². The lowest BCUT2D eigenvalue weighted by Gasteiger charge is -2.02. The molecular weight excluding hydrogens is 156 g/mol. The van der Waals surface area contributed by atoms with Gasteiger partial charge in [-0.05, 0) is 17.9 Å². The summed E-state index contributed by atoms with van der Waals surface area (Å²) in [5.41, 5.74) is 1.44. The van der Waals surface area contributed by atoms with Crippen molar-refractivity contribution in [2.24, 2.45) is 5.92 Å². The van der Waals surface area contributed by atoms with Gasteiger partial charge in [0.2, 0.25) is 0 Å². The van der Waals surface area contributed by atoms with Crippen LogP contribution in [-0.4, -0.2) is 0 Å². The first-order valence-corrected chi connectivity index (χ1v) is 4.83. The van der Waals surface area contributed by atoms with Crippen LogP contribution < -0.4 is 0 Å². The Morgan fingerprint density at radius 2 is 1.46 bits per heavy atom. The number of hydrogen-bond donors (Lipinski definition) is 0. The Morgan fingerprint density at radius 1 is 1.00 bits per heavy atom. The van der Waals surface area contributed by atoms with E-state index < -0.39 is 0 Å². The van der Waals surface area contributed by atoms with Gasteiger partial charge in [0.25, 0.3) is 0 Å². The maximum Gasteiger partial charge on any atom is -0.0256 e. The van der Waals surface area contributed by atoms with Crippen LogP contribution in [0.15, 0.2) is 30.3 Å². The first-order chi connectivity index (χ1) is 5.79. The predicted molar refractivity (Wildman–Crippen MR) is 63.1 cm³/mol. The van der Waals surface area contributed by atoms with Crippen LogP contribution in [0, 0.1) is 5.92 Å². The molecule has 1 aromatic carbocycles. The van der Waals surface area contributed by atoms with E-state index in [2.05, 4.69) is 44.2 Å². The molecule has 0 aliphatic rings. The minimum atomic E-state index is 0. The molecule has 76 valence electrons. The molecule has 0 saturated heterocycles. The minimum absolute atomic E-state index is 0. The van der Waals surface area contributed by atoms with Crippen LogP contribution in [0.5, 0.6) is 0 Å². The third-order valence-electron chi connectivity index (χ3n) is 1.49. The Balaban J connectivity index is 0. The molecule has 0 N–H and O–H groups in total. The lowest BCUT2D eigenvalue weighted by atomic mass is 10.0. The van der Waals surface area contributed by atoms with Crippen molar-refractivity contribution in [1.82, 2.24) is 0 Å². The van der Waals surface area contributed by atoms with Crippen molar-refractivity contribution in [2.45, 2.75) is 41.5 Å². The van der Waals surface area contributed by atoms with Crippen LogP contribution >= 0.6 is 0 Å². The molecule has 0 aliphatic heterocycles. The number of benzene rings is 1. The summed E-state index contributed by atoms with van der Waals surface area (Å²) in [7, 11) is 0. The predicted octanol–water partition coefficient (Wildman–Crippen LogP) is 4.55. The largest absolute Gasteiger partial charge is 0.0776 e. The van der Waals surface area contributed by atoms with Gasteiger partial charge < -0.3 is 0 Å². The van der Waals surface area contributed by atoms with Gasteiger partial charge in [0, 0.05) is 0 Å². The molecule has 0 heterocycles. The van der Waals surface area contributed by atoms with Gasteiger partial charge >= 0.3 is 0 Å². The quantitative estimate of drug-likeness (QED) is 0.626. The average molecular weight is 180 g/mol. The molecule has 0 radical (unpaired) electrons. The normalized spacial score (nSPS) is 8.38. The van der Waals surface area contributed by atoms with Crippen molar-refractivity contribution in [1.29, 1.82) is 0 Å². The summed E-state index contributed by atoms with van der Waals surface area (Å²) in [6.45, 7) is 8.49. The summed E-state index contributed by atoms with van der Waals surface area (Å²) in [6.07, 6.45) is 1.20. The molecule has 0 fully saturated rings. The van der Waals surface area contributed by atoms with E-state index in [-0.39, 0.29) is 7.43 Å². The molecule has 0 heteroatoms. The maximum absolute atomic E-state index is 2.24. The lowest BCUT2D eigenvalue weighted by molar-refractivity contribution is 0.647. The SMILES string of the molecule is C.CC.CC(C)Cc1ccccc1. The average Bonchev–Trinajstić information content (AvgIpc) is 2.08. The fourth-order valence-electron chi connectivity index (χ4n) is 1.09. The van der Waals surface area contributed by atoms with Crippen molar-refractivity contribution in [3.63, 3.8) is 0 Å². The second kappa shape index (κ2) is 9.31. The minimum Gasteiger partial charge on any atom is -0.0776 e. The molecule has 1 aromatic rings. The maximum atomic E-state index is 2.24. The molecule has 1 rings (SSSR count). The molecule has 0 unspecified atom stereocenters. The Kier molecular flexibility index (Phi) is 10.5. The summed E-state index contributed by atoms with van der Waals surface area (Å²) in [4.78, 5) is 0. The fourth-order valence-corrected chi connectivity index (χ4v) is 1.09. The van der Waals surface area contributed by atoms with Crippen molar-refractivity contribution in [3.05, 3.63) is 35.9 Å². The molecule has 0 atom stereocenters. The molecule has 13 heavy (non-hydrogen) atoms. The highest BCUT2D eigenvalue weighted by Gasteiger charge is 1.94. The van der Waals surface area contributed by atoms with E-state index in [1.165, 1.54) is 12.0 Å². The zero-order chi connectivity index (χ0) is 9.40. The van der Waals surface area contributed by atoms with Gasteiger partial charge in [0.1, 0.15) is 0 Å². The Bertz CT molecular complexity index is 174. The Morgan fingerprint density at radius 3 is 1.85 bits per heavy atom. The second-order valence-electron chi connectivity index (χ2n) is 3.08. The van der Waals surface area contributed by atoms with Crippen molar-refractivity contribution < 1.29 is 0 Å². The standard InChI is InChI=1S/C10H14.C2H6.CH4/c1-9(2)8-10-6-4-3-5-7-10;1-2;/h3-7,9H,8H2,1-2H3;1-2H3;1H4. The number of rotatable bonds is 2. The van der Waals surface area contributed by atoms with Crippen LogP contribution in [0.1, 0.15) is 40.7 Å². The zero-order valence-electron chi connectivity index (χ0n) is 8.67. The third kappa shape index (κ3) is 7.58. The van der Waals surface area contributed by atoms with Gasteiger partial charge in [0.15, 0.2) is 0 Å². The van der Waals surface area contributed by atoms with E-state index in [0.29, 0.717) is 0 Å². The van der Waals surface area contributed by atoms with Gasteiger partial charge in [0.05, 0.1) is 0 Å². The Hall–Kier alpha value is -0.780. The van der Waals surface area contributed by atoms with Crippen molar-refractivity contribution in [2.75, 3.05) is 0 Å². The second-order valence-corrected chi connectivity index (χ2v) is 3.08. The van der Waals surface area contributed by atoms with Gasteiger partial charge in [-0.1, -0.05) is 65.5 Å². The molecule has 0 spiro atoms. The molecule has 0 amide bonds. The summed E-state index contributed by atoms with van der Waals surface area (Å²) >= 11 is 0. The van der Waals surface area contributed by atoms with Crippen LogP contribution in [0.25, 0.3) is 0 Å². The van der Waals surface area contributed by atoms with E-state index in [1.54, 1.807) is 0 Å². The summed E-state index contributed by atoms with van der Waals surface area (Å²) in [6, 6.07) is 10.6. The summed E-state index contributed by atoms with van der Waals surface area (Å²) in [5.74, 6) is 0.766. The highest BCUT2D eigenvalue weighted by Crippen LogP contribution is 2.05. The highest BCUT2D eigenvalue weighted by atomic mass is 14.0. The monoisotopic (exact) mass is 180 g/mol. The molecular formula is C13H24. The third-order valence-corrected chi connectivity index (χ3v) is 1.49. The smallest absolute Gasteiger partial charge is 0.0256 e. The van der Waals surface area contributed by atoms with E-state index in [1.807, 2.05) is 13.8 Å². The number of hydrogen-bond acceptors (Lipinski definition) is 0. The highest BCUT2D eigenvalue weighted by molar-refractivity contribution is 5.14. The van der Waals surface area contributed by atoms with Gasteiger partial charge in [-0.15, -0.1) is 0 Å². The molecule has 0 bridgehead atoms. The molecule has 0 saturated carbocycles. The first-order valence-electron chi connectivity index (χ1n) is 4.83. The molecule has 0 aliphatic carbocycles. The van der Waals surface area contributed by atoms with Gasteiger partial charge in [-0.2, -0.15) is 0 Å². The Labute approximate surface area is 84.0 Å². The summed E-state index contributed by atoms with van der Waals surface area (Å²) < 4.78 is 0. The van der Waals surface area contributed by atoms with Gasteiger partial charge in [-0.25, -0.2) is 0 Å². The van der Waals surface area contributed by atoms with E-state index in [4.69, 9.17) is 0 Å². The zero-order valence-corrected chi connectivity index (χ0v) is 8.67. The fraction of sp³-hybridized carbons (Fsp3) is 0.538. The van der Waals surface area contributed by atoms with Crippen LogP contribution in [0.4, 0.5) is 0 Å². The molecule has 0 aromatic heterocycles. The van der Waals surface area contributed by atoms with Crippen LogP contribution in [0.2, 0.25) is 0 Å². The van der Waals surface area contributed by atoms with Crippen LogP contribution in [0.3, 0.4) is 0 Å². The van der Waals surface area contributed by atoms with Crippen molar-refractivity contribution >= 4 is 0 Å². The topological polar surface area (TPSA) is 0 Å². The lowest BCUT2D eigenvalue weighted by Crippen LogP contribution is -1.92. The first kappa shape index (κ1) is 14.7. The van der Waals surface area contributed by atoms with Crippen molar-refractivity contribution in [3.8, 4) is 0 Å². The molecule has 0 nitrogen and oxygen atoms in total. The summed E-state index contributed by atoms with van der Waals surface area (Å²) in [5, 5.41) is 0. The van der Waals surface area contributed by atoms with E-state index in [9.17, 15) is 0 Å². The van der Waals surface area contributed by atoms with E-state index >= 15 is 0 Å². The van der Waals surface area contributed by atoms with Crippen LogP contribution in [-0.2, 0) is 6.42 Å².